The van der Waals surface area contributed by atoms with Gasteiger partial charge in [0.05, 0.1) is 16.3 Å². The van der Waals surface area contributed by atoms with E-state index < -0.39 is 0 Å². The van der Waals surface area contributed by atoms with Crippen molar-refractivity contribution < 1.29 is 4.79 Å². The average Bonchev–Trinajstić information content (AvgIpc) is 3.04. The lowest BCUT2D eigenvalue weighted by atomic mass is 10.00. The van der Waals surface area contributed by atoms with E-state index in [4.69, 9.17) is 0 Å². The van der Waals surface area contributed by atoms with Crippen molar-refractivity contribution in [1.82, 2.24) is 15.6 Å². The lowest BCUT2D eigenvalue weighted by Gasteiger charge is -2.23. The molecule has 1 aromatic carbocycles. The van der Waals surface area contributed by atoms with E-state index in [0.717, 1.165) is 46.5 Å². The number of aromatic nitrogens is 1. The summed E-state index contributed by atoms with van der Waals surface area (Å²) in [6.07, 6.45) is 2.38. The summed E-state index contributed by atoms with van der Waals surface area (Å²) in [5.74, 6) is 1.36. The Morgan fingerprint density at radius 3 is 2.88 bits per heavy atom. The molecule has 1 unspecified atom stereocenters. The second-order valence-corrected chi connectivity index (χ2v) is 8.14. The number of piperidine rings is 1. The summed E-state index contributed by atoms with van der Waals surface area (Å²) in [5.41, 5.74) is 1.84. The first-order valence-corrected chi connectivity index (χ1v) is 10.2. The van der Waals surface area contributed by atoms with Crippen LogP contribution in [0.5, 0.6) is 0 Å². The fraction of sp³-hybridized carbons (Fsp3) is 0.444. The van der Waals surface area contributed by atoms with Gasteiger partial charge >= 0.3 is 0 Å². The van der Waals surface area contributed by atoms with Crippen LogP contribution in [0.25, 0.3) is 0 Å². The maximum Gasteiger partial charge on any atom is 0.252 e. The number of benzene rings is 1. The van der Waals surface area contributed by atoms with E-state index >= 15 is 0 Å². The van der Waals surface area contributed by atoms with Crippen LogP contribution in [0.2, 0.25) is 0 Å². The quantitative estimate of drug-likeness (QED) is 0.665. The minimum absolute atomic E-state index is 0. The van der Waals surface area contributed by atoms with Crippen molar-refractivity contribution in [3.63, 3.8) is 0 Å². The van der Waals surface area contributed by atoms with Crippen LogP contribution in [0.1, 0.15) is 33.9 Å². The van der Waals surface area contributed by atoms with Gasteiger partial charge in [0, 0.05) is 22.6 Å². The summed E-state index contributed by atoms with van der Waals surface area (Å²) in [4.78, 5) is 18.1. The second kappa shape index (κ2) is 11.8. The molecular formula is C18H25Cl2N3OS2. The largest absolute Gasteiger partial charge is 0.352 e. The second-order valence-electron chi connectivity index (χ2n) is 6.07. The van der Waals surface area contributed by atoms with Crippen molar-refractivity contribution in [2.75, 3.05) is 19.6 Å². The molecule has 0 saturated carbocycles. The molecule has 1 amide bonds. The molecule has 1 aromatic heterocycles. The number of hydrogen-bond acceptors (Lipinski definition) is 5. The van der Waals surface area contributed by atoms with E-state index in [1.165, 1.54) is 12.8 Å². The van der Waals surface area contributed by atoms with Gasteiger partial charge in [0.2, 0.25) is 0 Å². The third kappa shape index (κ3) is 6.74. The van der Waals surface area contributed by atoms with Crippen molar-refractivity contribution in [2.24, 2.45) is 5.92 Å². The Kier molecular flexibility index (Phi) is 10.6. The normalized spacial score (nSPS) is 16.3. The first-order valence-electron chi connectivity index (χ1n) is 8.34. The Morgan fingerprint density at radius 2 is 2.19 bits per heavy atom. The molecule has 4 nitrogen and oxygen atoms in total. The zero-order valence-corrected chi connectivity index (χ0v) is 18.0. The molecule has 2 heterocycles. The lowest BCUT2D eigenvalue weighted by Crippen LogP contribution is -2.38. The van der Waals surface area contributed by atoms with Crippen LogP contribution in [0, 0.1) is 12.8 Å². The summed E-state index contributed by atoms with van der Waals surface area (Å²) < 4.78 is 0. The Labute approximate surface area is 175 Å². The van der Waals surface area contributed by atoms with Crippen molar-refractivity contribution in [3.05, 3.63) is 45.9 Å². The predicted molar refractivity (Wildman–Crippen MR) is 115 cm³/mol. The zero-order chi connectivity index (χ0) is 16.8. The molecule has 2 aromatic rings. The van der Waals surface area contributed by atoms with Crippen molar-refractivity contribution >= 4 is 53.8 Å². The summed E-state index contributed by atoms with van der Waals surface area (Å²) in [6, 6.07) is 7.83. The molecular weight excluding hydrogens is 409 g/mol. The van der Waals surface area contributed by atoms with E-state index in [0.29, 0.717) is 5.92 Å². The van der Waals surface area contributed by atoms with Crippen molar-refractivity contribution in [3.8, 4) is 0 Å². The molecule has 0 spiro atoms. The molecule has 3 rings (SSSR count). The topological polar surface area (TPSA) is 54.0 Å². The number of thioether (sulfide) groups is 1. The van der Waals surface area contributed by atoms with Crippen LogP contribution in [0.15, 0.2) is 34.5 Å². The SMILES string of the molecule is Cc1nc(CSc2ccccc2C(=O)NCC2CCCNC2)cs1.Cl.Cl. The first-order chi connectivity index (χ1) is 11.7. The standard InChI is InChI=1S/C18H23N3OS2.2ClH/c1-13-21-15(11-23-13)12-24-17-7-3-2-6-16(17)18(22)20-10-14-5-4-8-19-9-14;;/h2-3,6-7,11,14,19H,4-5,8-10,12H2,1H3,(H,20,22);2*1H. The van der Waals surface area contributed by atoms with Gasteiger partial charge in [0.25, 0.3) is 5.91 Å². The highest BCUT2D eigenvalue weighted by Gasteiger charge is 2.16. The van der Waals surface area contributed by atoms with Crippen molar-refractivity contribution in [2.45, 2.75) is 30.4 Å². The van der Waals surface area contributed by atoms with Gasteiger partial charge in [-0.2, -0.15) is 0 Å². The minimum atomic E-state index is 0. The Bertz CT molecular complexity index is 691. The number of carbonyl (C=O) groups excluding carboxylic acids is 1. The van der Waals surface area contributed by atoms with Crippen LogP contribution >= 0.6 is 47.9 Å². The van der Waals surface area contributed by atoms with Crippen LogP contribution in [-0.4, -0.2) is 30.5 Å². The zero-order valence-electron chi connectivity index (χ0n) is 14.7. The monoisotopic (exact) mass is 433 g/mol. The highest BCUT2D eigenvalue weighted by molar-refractivity contribution is 7.98. The fourth-order valence-corrected chi connectivity index (χ4v) is 4.50. The van der Waals surface area contributed by atoms with Crippen LogP contribution in [0.3, 0.4) is 0 Å². The third-order valence-corrected chi connectivity index (χ3v) is 6.05. The van der Waals surface area contributed by atoms with Crippen molar-refractivity contribution in [1.29, 1.82) is 0 Å². The number of nitrogens with one attached hydrogen (secondary N) is 2. The molecule has 1 atom stereocenters. The fourth-order valence-electron chi connectivity index (χ4n) is 2.84. The minimum Gasteiger partial charge on any atom is -0.352 e. The molecule has 0 aliphatic carbocycles. The summed E-state index contributed by atoms with van der Waals surface area (Å²) in [5, 5.41) is 9.66. The predicted octanol–water partition coefficient (Wildman–Crippen LogP) is 4.32. The molecule has 26 heavy (non-hydrogen) atoms. The molecule has 1 fully saturated rings. The average molecular weight is 434 g/mol. The van der Waals surface area contributed by atoms with Gasteiger partial charge in [0.15, 0.2) is 0 Å². The number of rotatable bonds is 6. The van der Waals surface area contributed by atoms with Gasteiger partial charge in [-0.3, -0.25) is 4.79 Å². The summed E-state index contributed by atoms with van der Waals surface area (Å²) >= 11 is 3.34. The number of carbonyl (C=O) groups is 1. The van der Waals surface area contributed by atoms with Gasteiger partial charge in [-0.25, -0.2) is 4.98 Å². The van der Waals surface area contributed by atoms with Gasteiger partial charge in [0.1, 0.15) is 0 Å². The molecule has 1 aliphatic heterocycles. The number of aryl methyl sites for hydroxylation is 1. The van der Waals surface area contributed by atoms with E-state index in [1.807, 2.05) is 31.2 Å². The molecule has 8 heteroatoms. The molecule has 1 saturated heterocycles. The molecule has 144 valence electrons. The smallest absolute Gasteiger partial charge is 0.252 e. The van der Waals surface area contributed by atoms with E-state index in [2.05, 4.69) is 21.0 Å². The van der Waals surface area contributed by atoms with Crippen LogP contribution in [-0.2, 0) is 5.75 Å². The highest BCUT2D eigenvalue weighted by Crippen LogP contribution is 2.27. The number of halogens is 2. The van der Waals surface area contributed by atoms with Crippen LogP contribution in [0.4, 0.5) is 0 Å². The van der Waals surface area contributed by atoms with Gasteiger partial charge in [-0.1, -0.05) is 12.1 Å². The highest BCUT2D eigenvalue weighted by atomic mass is 35.5. The molecule has 0 bridgehead atoms. The number of amides is 1. The maximum atomic E-state index is 12.6. The lowest BCUT2D eigenvalue weighted by molar-refractivity contribution is 0.0942. The van der Waals surface area contributed by atoms with Gasteiger partial charge in [-0.05, 0) is 50.9 Å². The summed E-state index contributed by atoms with van der Waals surface area (Å²) in [6.45, 7) is 4.86. The number of hydrogen-bond donors (Lipinski definition) is 2. The Morgan fingerprint density at radius 1 is 1.38 bits per heavy atom. The molecule has 2 N–H and O–H groups in total. The van der Waals surface area contributed by atoms with E-state index in [1.54, 1.807) is 23.1 Å². The number of thiazole rings is 1. The van der Waals surface area contributed by atoms with E-state index in [-0.39, 0.29) is 30.7 Å². The molecule has 1 aliphatic rings. The van der Waals surface area contributed by atoms with Gasteiger partial charge in [-0.15, -0.1) is 47.9 Å². The third-order valence-electron chi connectivity index (χ3n) is 4.12. The van der Waals surface area contributed by atoms with Gasteiger partial charge < -0.3 is 10.6 Å². The summed E-state index contributed by atoms with van der Waals surface area (Å²) in [7, 11) is 0. The Balaban J connectivity index is 0.00000169. The van der Waals surface area contributed by atoms with E-state index in [9.17, 15) is 4.79 Å². The Hall–Kier alpha value is -0.790. The van der Waals surface area contributed by atoms with Crippen LogP contribution < -0.4 is 10.6 Å². The maximum absolute atomic E-state index is 12.6. The molecule has 0 radical (unpaired) electrons. The number of nitrogens with zero attached hydrogens (tertiary/aromatic N) is 1. The first kappa shape index (κ1) is 23.2.